The third kappa shape index (κ3) is 3.15. The molecule has 3 N–H and O–H groups in total. The molecule has 1 aromatic carbocycles. The van der Waals surface area contributed by atoms with Gasteiger partial charge in [-0.15, -0.1) is 0 Å². The summed E-state index contributed by atoms with van der Waals surface area (Å²) in [4.78, 5) is 23.6. The van der Waals surface area contributed by atoms with Crippen molar-refractivity contribution in [2.45, 2.75) is 50.5 Å². The number of carboxylic acid groups (broad SMARTS) is 1. The van der Waals surface area contributed by atoms with Crippen molar-refractivity contribution in [3.05, 3.63) is 45.7 Å². The summed E-state index contributed by atoms with van der Waals surface area (Å²) in [5.74, 6) is -1.35. The van der Waals surface area contributed by atoms with E-state index in [1.165, 1.54) is 18.1 Å². The van der Waals surface area contributed by atoms with Crippen LogP contribution >= 0.6 is 0 Å². The zero-order valence-electron chi connectivity index (χ0n) is 15.3. The van der Waals surface area contributed by atoms with Crippen LogP contribution in [0.5, 0.6) is 0 Å². The van der Waals surface area contributed by atoms with E-state index in [0.29, 0.717) is 0 Å². The van der Waals surface area contributed by atoms with Crippen LogP contribution in [0.3, 0.4) is 0 Å². The zero-order valence-corrected chi connectivity index (χ0v) is 16.1. The van der Waals surface area contributed by atoms with E-state index in [2.05, 4.69) is 11.4 Å². The third-order valence-electron chi connectivity index (χ3n) is 5.33. The molecule has 2 aromatic rings. The average molecular weight is 404 g/mol. The minimum Gasteiger partial charge on any atom is -0.478 e. The third-order valence-corrected chi connectivity index (χ3v) is 6.51. The Hall–Kier alpha value is -2.81. The van der Waals surface area contributed by atoms with Gasteiger partial charge in [-0.1, -0.05) is 6.07 Å². The predicted molar refractivity (Wildman–Crippen MR) is 100 cm³/mol. The van der Waals surface area contributed by atoms with Gasteiger partial charge in [0.1, 0.15) is 11.3 Å². The molecule has 2 aliphatic rings. The van der Waals surface area contributed by atoms with E-state index in [1.54, 1.807) is 0 Å². The fraction of sp³-hybridized carbons (Fsp3) is 0.368. The fourth-order valence-corrected chi connectivity index (χ4v) is 4.98. The Kier molecular flexibility index (Phi) is 4.41. The molecule has 148 valence electrons. The van der Waals surface area contributed by atoms with Gasteiger partial charge in [0.05, 0.1) is 0 Å². The highest BCUT2D eigenvalue weighted by atomic mass is 32.2. The normalized spacial score (nSPS) is 15.2. The van der Waals surface area contributed by atoms with Crippen LogP contribution in [0.2, 0.25) is 0 Å². The molecule has 2 aliphatic carbocycles. The number of rotatable bonds is 4. The number of amides is 2. The van der Waals surface area contributed by atoms with Crippen LogP contribution in [0.25, 0.3) is 0 Å². The maximum absolute atomic E-state index is 12.5. The molecule has 0 saturated heterocycles. The molecule has 28 heavy (non-hydrogen) atoms. The SMILES string of the molecule is Cc1oc(S(=O)(=O)NC(=O)Nc2c3c(cc4c2CCC4)CCC3)cc1C(=O)O. The molecule has 1 heterocycles. The van der Waals surface area contributed by atoms with E-state index < -0.39 is 27.1 Å². The number of fused-ring (bicyclic) bond motifs is 2. The van der Waals surface area contributed by atoms with Gasteiger partial charge in [0.2, 0.25) is 5.09 Å². The number of hydrogen-bond donors (Lipinski definition) is 3. The summed E-state index contributed by atoms with van der Waals surface area (Å²) in [6.07, 6.45) is 5.64. The second-order valence-corrected chi connectivity index (χ2v) is 8.75. The van der Waals surface area contributed by atoms with E-state index in [4.69, 9.17) is 9.52 Å². The minimum absolute atomic E-state index is 0.0491. The molecule has 0 aliphatic heterocycles. The van der Waals surface area contributed by atoms with E-state index >= 15 is 0 Å². The molecule has 4 rings (SSSR count). The van der Waals surface area contributed by atoms with Gasteiger partial charge >= 0.3 is 12.0 Å². The fourth-order valence-electron chi connectivity index (χ4n) is 4.08. The Balaban J connectivity index is 1.59. The van der Waals surface area contributed by atoms with Gasteiger partial charge in [0.15, 0.2) is 0 Å². The van der Waals surface area contributed by atoms with Gasteiger partial charge in [-0.25, -0.2) is 14.3 Å². The average Bonchev–Trinajstić information content (AvgIpc) is 3.32. The van der Waals surface area contributed by atoms with E-state index in [9.17, 15) is 18.0 Å². The van der Waals surface area contributed by atoms with Crippen LogP contribution in [0.15, 0.2) is 21.6 Å². The summed E-state index contributed by atoms with van der Waals surface area (Å²) in [5.41, 5.74) is 5.04. The summed E-state index contributed by atoms with van der Waals surface area (Å²) >= 11 is 0. The first kappa shape index (κ1) is 18.5. The topological polar surface area (TPSA) is 126 Å². The molecule has 0 saturated carbocycles. The number of anilines is 1. The predicted octanol–water partition coefficient (Wildman–Crippen LogP) is 2.77. The van der Waals surface area contributed by atoms with Gasteiger partial charge in [0, 0.05) is 11.8 Å². The van der Waals surface area contributed by atoms with Crippen molar-refractivity contribution in [2.75, 3.05) is 5.32 Å². The van der Waals surface area contributed by atoms with Crippen LogP contribution in [0.4, 0.5) is 10.5 Å². The van der Waals surface area contributed by atoms with Crippen molar-refractivity contribution < 1.29 is 27.5 Å². The van der Waals surface area contributed by atoms with Gasteiger partial charge in [-0.05, 0) is 67.7 Å². The molecule has 0 radical (unpaired) electrons. The number of carboxylic acids is 1. The Morgan fingerprint density at radius 1 is 1.04 bits per heavy atom. The van der Waals surface area contributed by atoms with Crippen LogP contribution < -0.4 is 10.0 Å². The summed E-state index contributed by atoms with van der Waals surface area (Å²) in [6, 6.07) is 2.22. The van der Waals surface area contributed by atoms with Crippen molar-refractivity contribution in [3.63, 3.8) is 0 Å². The summed E-state index contributed by atoms with van der Waals surface area (Å²) < 4.78 is 31.8. The first-order chi connectivity index (χ1) is 13.3. The molecule has 0 atom stereocenters. The molecule has 9 heteroatoms. The smallest absolute Gasteiger partial charge is 0.339 e. The van der Waals surface area contributed by atoms with E-state index in [0.717, 1.165) is 61.4 Å². The number of aryl methyl sites for hydroxylation is 3. The second-order valence-electron chi connectivity index (χ2n) is 7.13. The first-order valence-electron chi connectivity index (χ1n) is 9.10. The van der Waals surface area contributed by atoms with Crippen molar-refractivity contribution in [1.29, 1.82) is 0 Å². The molecule has 8 nitrogen and oxygen atoms in total. The zero-order chi connectivity index (χ0) is 20.1. The van der Waals surface area contributed by atoms with Crippen molar-refractivity contribution in [1.82, 2.24) is 4.72 Å². The second kappa shape index (κ2) is 6.66. The number of urea groups is 1. The molecule has 1 aromatic heterocycles. The first-order valence-corrected chi connectivity index (χ1v) is 10.6. The highest BCUT2D eigenvalue weighted by molar-refractivity contribution is 7.89. The lowest BCUT2D eigenvalue weighted by Gasteiger charge is -2.16. The molecular weight excluding hydrogens is 384 g/mol. The lowest BCUT2D eigenvalue weighted by Crippen LogP contribution is -2.34. The van der Waals surface area contributed by atoms with Gasteiger partial charge in [-0.3, -0.25) is 0 Å². The molecule has 2 amide bonds. The van der Waals surface area contributed by atoms with Crippen LogP contribution in [-0.4, -0.2) is 25.5 Å². The highest BCUT2D eigenvalue weighted by Crippen LogP contribution is 2.38. The Morgan fingerprint density at radius 2 is 1.64 bits per heavy atom. The number of aromatic carboxylic acids is 1. The van der Waals surface area contributed by atoms with Crippen molar-refractivity contribution >= 4 is 27.7 Å². The highest BCUT2D eigenvalue weighted by Gasteiger charge is 2.28. The van der Waals surface area contributed by atoms with Crippen LogP contribution in [-0.2, 0) is 35.7 Å². The standard InChI is InChI=1S/C19H20N2O6S/c1-10-15(18(22)23)9-16(27-10)28(25,26)21-19(24)20-17-13-6-2-4-11(13)8-12-5-3-7-14(12)17/h8-9H,2-7H2,1H3,(H,22,23)(H2,20,21,24). The number of carbonyl (C=O) groups is 2. The maximum Gasteiger partial charge on any atom is 0.339 e. The Labute approximate surface area is 162 Å². The minimum atomic E-state index is -4.33. The number of sulfonamides is 1. The Bertz CT molecular complexity index is 1070. The van der Waals surface area contributed by atoms with Gasteiger partial charge in [-0.2, -0.15) is 8.42 Å². The maximum atomic E-state index is 12.5. The van der Waals surface area contributed by atoms with E-state index in [1.807, 2.05) is 4.72 Å². The molecular formula is C19H20N2O6S. The van der Waals surface area contributed by atoms with Gasteiger partial charge < -0.3 is 14.8 Å². The van der Waals surface area contributed by atoms with E-state index in [-0.39, 0.29) is 11.3 Å². The number of carbonyl (C=O) groups excluding carboxylic acids is 1. The van der Waals surface area contributed by atoms with Crippen molar-refractivity contribution in [3.8, 4) is 0 Å². The number of nitrogens with one attached hydrogen (secondary N) is 2. The monoisotopic (exact) mass is 404 g/mol. The lowest BCUT2D eigenvalue weighted by molar-refractivity contribution is 0.0695. The lowest BCUT2D eigenvalue weighted by atomic mass is 9.99. The molecule has 0 bridgehead atoms. The quantitative estimate of drug-likeness (QED) is 0.719. The van der Waals surface area contributed by atoms with Gasteiger partial charge in [0.25, 0.3) is 10.0 Å². The van der Waals surface area contributed by atoms with Crippen LogP contribution in [0.1, 0.15) is 51.2 Å². The molecule has 0 unspecified atom stereocenters. The largest absolute Gasteiger partial charge is 0.478 e. The number of hydrogen-bond acceptors (Lipinski definition) is 5. The number of benzene rings is 1. The van der Waals surface area contributed by atoms with Crippen LogP contribution in [0, 0.1) is 6.92 Å². The number of furan rings is 1. The molecule has 0 spiro atoms. The Morgan fingerprint density at radius 3 is 2.18 bits per heavy atom. The summed E-state index contributed by atoms with van der Waals surface area (Å²) in [6.45, 7) is 1.35. The van der Waals surface area contributed by atoms with Crippen molar-refractivity contribution in [2.24, 2.45) is 0 Å². The summed E-state index contributed by atoms with van der Waals surface area (Å²) in [7, 11) is -4.33. The summed E-state index contributed by atoms with van der Waals surface area (Å²) in [5, 5.41) is 11.2. The molecule has 0 fully saturated rings.